The largest absolute Gasteiger partial charge is 0.378 e. The molecule has 6 rings (SSSR count). The van der Waals surface area contributed by atoms with Crippen LogP contribution in [0, 0.1) is 6.92 Å². The highest BCUT2D eigenvalue weighted by Crippen LogP contribution is 2.40. The number of aromatic nitrogens is 3. The standard InChI is InChI=1S/C27H35N5O2/c1-17-8-11-22-19(14-17)15-21(27-30-25(31-34-27)18-9-10-18)26(29-22)32-13-12-23(24(16-32)33-2)28-20-6-4-3-5-7-20/h8,11,14-15,18,20,23-24,28H,3-7,9-10,12-13,16H2,1-2H3/t23?,24-/m0/s1. The molecule has 2 saturated carbocycles. The summed E-state index contributed by atoms with van der Waals surface area (Å²) in [5, 5.41) is 9.30. The van der Waals surface area contributed by atoms with E-state index in [4.69, 9.17) is 19.2 Å². The maximum absolute atomic E-state index is 6.01. The molecular weight excluding hydrogens is 426 g/mol. The second-order valence-corrected chi connectivity index (χ2v) is 10.4. The topological polar surface area (TPSA) is 76.3 Å². The molecule has 3 aliphatic rings. The molecule has 0 bridgehead atoms. The Hall–Kier alpha value is -2.51. The lowest BCUT2D eigenvalue weighted by Gasteiger charge is -2.41. The van der Waals surface area contributed by atoms with Crippen LogP contribution in [0.3, 0.4) is 0 Å². The van der Waals surface area contributed by atoms with Crippen molar-refractivity contribution in [2.75, 3.05) is 25.1 Å². The molecule has 34 heavy (non-hydrogen) atoms. The lowest BCUT2D eigenvalue weighted by Crippen LogP contribution is -2.56. The van der Waals surface area contributed by atoms with E-state index in [1.165, 1.54) is 37.7 Å². The number of pyridine rings is 1. The quantitative estimate of drug-likeness (QED) is 0.554. The maximum Gasteiger partial charge on any atom is 0.261 e. The molecule has 3 aromatic rings. The summed E-state index contributed by atoms with van der Waals surface area (Å²) in [6.45, 7) is 3.82. The Balaban J connectivity index is 1.31. The van der Waals surface area contributed by atoms with Gasteiger partial charge in [0.05, 0.1) is 17.2 Å². The molecule has 0 radical (unpaired) electrons. The van der Waals surface area contributed by atoms with Crippen LogP contribution in [-0.4, -0.2) is 53.5 Å². The number of fused-ring (bicyclic) bond motifs is 1. The van der Waals surface area contributed by atoms with Crippen molar-refractivity contribution in [3.63, 3.8) is 0 Å². The minimum Gasteiger partial charge on any atom is -0.378 e. The van der Waals surface area contributed by atoms with Gasteiger partial charge in [-0.15, -0.1) is 0 Å². The van der Waals surface area contributed by atoms with E-state index in [9.17, 15) is 0 Å². The van der Waals surface area contributed by atoms with Gasteiger partial charge in [0.15, 0.2) is 5.82 Å². The van der Waals surface area contributed by atoms with E-state index in [1.807, 2.05) is 7.11 Å². The van der Waals surface area contributed by atoms with Gasteiger partial charge in [-0.25, -0.2) is 4.98 Å². The SMILES string of the molecule is CO[C@H]1CN(c2nc3ccc(C)cc3cc2-c2nc(C3CC3)no2)CCC1NC1CCCCC1. The van der Waals surface area contributed by atoms with Gasteiger partial charge in [0.1, 0.15) is 5.82 Å². The number of benzene rings is 1. The molecule has 0 spiro atoms. The molecule has 3 heterocycles. The van der Waals surface area contributed by atoms with Crippen LogP contribution in [0.25, 0.3) is 22.4 Å². The predicted octanol–water partition coefficient (Wildman–Crippen LogP) is 4.99. The number of nitrogens with zero attached hydrogens (tertiary/aromatic N) is 4. The molecule has 2 atom stereocenters. The van der Waals surface area contributed by atoms with E-state index < -0.39 is 0 Å². The van der Waals surface area contributed by atoms with Crippen LogP contribution >= 0.6 is 0 Å². The Kier molecular flexibility index (Phi) is 5.99. The second kappa shape index (κ2) is 9.27. The van der Waals surface area contributed by atoms with Crippen LogP contribution in [0.4, 0.5) is 5.82 Å². The molecule has 1 unspecified atom stereocenters. The van der Waals surface area contributed by atoms with Gasteiger partial charge < -0.3 is 19.5 Å². The van der Waals surface area contributed by atoms with Crippen molar-refractivity contribution < 1.29 is 9.26 Å². The molecule has 0 amide bonds. The van der Waals surface area contributed by atoms with Crippen molar-refractivity contribution in [2.24, 2.45) is 0 Å². The Bertz CT molecular complexity index is 1150. The molecule has 7 heteroatoms. The van der Waals surface area contributed by atoms with Gasteiger partial charge in [0.25, 0.3) is 5.89 Å². The molecule has 1 aliphatic heterocycles. The molecular formula is C27H35N5O2. The highest BCUT2D eigenvalue weighted by Gasteiger charge is 2.34. The number of aryl methyl sites for hydroxylation is 1. The van der Waals surface area contributed by atoms with E-state index in [2.05, 4.69) is 46.6 Å². The summed E-state index contributed by atoms with van der Waals surface area (Å²) in [6, 6.07) is 9.57. The minimum atomic E-state index is 0.115. The molecule has 1 saturated heterocycles. The fourth-order valence-electron chi connectivity index (χ4n) is 5.65. The van der Waals surface area contributed by atoms with Crippen molar-refractivity contribution >= 4 is 16.7 Å². The number of nitrogens with one attached hydrogen (secondary N) is 1. The number of anilines is 1. The first-order chi connectivity index (χ1) is 16.7. The first kappa shape index (κ1) is 22.0. The van der Waals surface area contributed by atoms with Crippen LogP contribution in [0.5, 0.6) is 0 Å². The van der Waals surface area contributed by atoms with Crippen LogP contribution < -0.4 is 10.2 Å². The number of hydrogen-bond acceptors (Lipinski definition) is 7. The third-order valence-corrected chi connectivity index (χ3v) is 7.78. The van der Waals surface area contributed by atoms with Crippen molar-refractivity contribution in [3.8, 4) is 11.5 Å². The minimum absolute atomic E-state index is 0.115. The summed E-state index contributed by atoms with van der Waals surface area (Å²) in [7, 11) is 1.83. The van der Waals surface area contributed by atoms with E-state index >= 15 is 0 Å². The van der Waals surface area contributed by atoms with Crippen molar-refractivity contribution in [3.05, 3.63) is 35.7 Å². The van der Waals surface area contributed by atoms with E-state index in [0.29, 0.717) is 23.9 Å². The Morgan fingerprint density at radius 1 is 1.03 bits per heavy atom. The zero-order valence-corrected chi connectivity index (χ0v) is 20.3. The van der Waals surface area contributed by atoms with Crippen LogP contribution in [0.15, 0.2) is 28.8 Å². The summed E-state index contributed by atoms with van der Waals surface area (Å²) in [4.78, 5) is 12.2. The Labute approximate surface area is 201 Å². The van der Waals surface area contributed by atoms with Crippen molar-refractivity contribution in [1.82, 2.24) is 20.4 Å². The zero-order valence-electron chi connectivity index (χ0n) is 20.3. The van der Waals surface area contributed by atoms with E-state index in [-0.39, 0.29) is 6.10 Å². The third kappa shape index (κ3) is 4.43. The summed E-state index contributed by atoms with van der Waals surface area (Å²) in [6.07, 6.45) is 10.1. The smallest absolute Gasteiger partial charge is 0.261 e. The van der Waals surface area contributed by atoms with Crippen molar-refractivity contribution in [1.29, 1.82) is 0 Å². The van der Waals surface area contributed by atoms with Crippen molar-refractivity contribution in [2.45, 2.75) is 82.4 Å². The molecule has 2 aromatic heterocycles. The average molecular weight is 462 g/mol. The fourth-order valence-corrected chi connectivity index (χ4v) is 5.65. The molecule has 3 fully saturated rings. The average Bonchev–Trinajstić information content (AvgIpc) is 3.60. The van der Waals surface area contributed by atoms with Gasteiger partial charge >= 0.3 is 0 Å². The van der Waals surface area contributed by atoms with Gasteiger partial charge in [-0.1, -0.05) is 36.0 Å². The molecule has 1 aromatic carbocycles. The van der Waals surface area contributed by atoms with Crippen LogP contribution in [0.2, 0.25) is 0 Å². The first-order valence-electron chi connectivity index (χ1n) is 13.0. The highest BCUT2D eigenvalue weighted by molar-refractivity contribution is 5.88. The van der Waals surface area contributed by atoms with Gasteiger partial charge in [0.2, 0.25) is 0 Å². The lowest BCUT2D eigenvalue weighted by molar-refractivity contribution is 0.0534. The van der Waals surface area contributed by atoms with E-state index in [1.54, 1.807) is 0 Å². The first-order valence-corrected chi connectivity index (χ1v) is 13.0. The monoisotopic (exact) mass is 461 g/mol. The summed E-state index contributed by atoms with van der Waals surface area (Å²) >= 11 is 0. The normalized spacial score (nSPS) is 24.1. The molecule has 1 N–H and O–H groups in total. The Morgan fingerprint density at radius 3 is 2.68 bits per heavy atom. The molecule has 180 valence electrons. The summed E-state index contributed by atoms with van der Waals surface area (Å²) in [5.74, 6) is 2.77. The number of ether oxygens (including phenoxy) is 1. The van der Waals surface area contributed by atoms with E-state index in [0.717, 1.165) is 60.5 Å². The number of hydrogen-bond donors (Lipinski definition) is 1. The predicted molar refractivity (Wildman–Crippen MR) is 133 cm³/mol. The number of piperidine rings is 1. The van der Waals surface area contributed by atoms with Crippen LogP contribution in [-0.2, 0) is 4.74 Å². The molecule has 7 nitrogen and oxygen atoms in total. The number of rotatable bonds is 6. The highest BCUT2D eigenvalue weighted by atomic mass is 16.5. The maximum atomic E-state index is 6.01. The number of methoxy groups -OCH3 is 1. The van der Waals surface area contributed by atoms with Gasteiger partial charge in [-0.05, 0) is 57.2 Å². The van der Waals surface area contributed by atoms with Gasteiger partial charge in [0, 0.05) is 43.6 Å². The zero-order chi connectivity index (χ0) is 23.1. The third-order valence-electron chi connectivity index (χ3n) is 7.78. The summed E-state index contributed by atoms with van der Waals surface area (Å²) in [5.41, 5.74) is 3.12. The van der Waals surface area contributed by atoms with Gasteiger partial charge in [-0.2, -0.15) is 4.98 Å². The second-order valence-electron chi connectivity index (χ2n) is 10.4. The summed E-state index contributed by atoms with van der Waals surface area (Å²) < 4.78 is 11.8. The molecule has 2 aliphatic carbocycles. The van der Waals surface area contributed by atoms with Gasteiger partial charge in [-0.3, -0.25) is 0 Å². The fraction of sp³-hybridized carbons (Fsp3) is 0.593. The van der Waals surface area contributed by atoms with Crippen LogP contribution in [0.1, 0.15) is 68.7 Å². The lowest BCUT2D eigenvalue weighted by atomic mass is 9.92. The Morgan fingerprint density at radius 2 is 1.88 bits per heavy atom.